The highest BCUT2D eigenvalue weighted by molar-refractivity contribution is 6.01. The summed E-state index contributed by atoms with van der Waals surface area (Å²) in [5.74, 6) is -0.0757. The number of carbonyl (C=O) groups excluding carboxylic acids is 1. The normalized spacial score (nSPS) is 13.3. The van der Waals surface area contributed by atoms with Crippen molar-refractivity contribution in [1.82, 2.24) is 29.9 Å². The Hall–Kier alpha value is -4.21. The molecule has 1 aliphatic rings. The maximum absolute atomic E-state index is 12.5. The summed E-state index contributed by atoms with van der Waals surface area (Å²) in [6.07, 6.45) is 10.5. The molecule has 0 spiro atoms. The Labute approximate surface area is 193 Å². The van der Waals surface area contributed by atoms with Gasteiger partial charge in [0.25, 0.3) is 12.3 Å². The van der Waals surface area contributed by atoms with E-state index < -0.39 is 18.9 Å². The van der Waals surface area contributed by atoms with E-state index in [9.17, 15) is 13.6 Å². The maximum Gasteiger partial charge on any atom is 0.255 e. The molecule has 0 atom stereocenters. The average molecular weight is 461 g/mol. The number of rotatable bonds is 6. The van der Waals surface area contributed by atoms with Crippen molar-refractivity contribution in [2.75, 3.05) is 11.9 Å². The van der Waals surface area contributed by atoms with Crippen molar-refractivity contribution in [1.29, 1.82) is 0 Å². The molecule has 8 nitrogen and oxygen atoms in total. The number of hydrogen-bond acceptors (Lipinski definition) is 6. The Balaban J connectivity index is 1.48. The molecule has 172 valence electrons. The molecule has 1 aliphatic carbocycles. The Morgan fingerprint density at radius 2 is 2.03 bits per heavy atom. The Morgan fingerprint density at radius 1 is 1.18 bits per heavy atom. The zero-order valence-corrected chi connectivity index (χ0v) is 18.1. The monoisotopic (exact) mass is 461 g/mol. The molecule has 4 heterocycles. The first-order chi connectivity index (χ1) is 16.6. The van der Waals surface area contributed by atoms with Crippen molar-refractivity contribution >= 4 is 28.6 Å². The van der Waals surface area contributed by atoms with Crippen LogP contribution < -0.4 is 10.6 Å². The largest absolute Gasteiger partial charge is 0.346 e. The van der Waals surface area contributed by atoms with Gasteiger partial charge in [0.15, 0.2) is 0 Å². The lowest BCUT2D eigenvalue weighted by Crippen LogP contribution is -2.28. The molecular formula is C24H21F2N7O. The van der Waals surface area contributed by atoms with Crippen molar-refractivity contribution in [2.24, 2.45) is 0 Å². The molecule has 34 heavy (non-hydrogen) atoms. The molecule has 0 saturated heterocycles. The summed E-state index contributed by atoms with van der Waals surface area (Å²) in [5.41, 5.74) is 5.31. The van der Waals surface area contributed by atoms with E-state index in [2.05, 4.69) is 31.8 Å². The van der Waals surface area contributed by atoms with E-state index in [-0.39, 0.29) is 5.56 Å². The standard InChI is InChI=1S/C24H21F2N7O/c25-22(26)14-28-23(34)19-13-30-33-10-7-15(11-21(19)33)17-3-1-2-4-20-18(17)12-29-24(32-20)31-16-5-8-27-9-6-16/h3,5-13,22H,1-2,4,14H2,(H,28,34)(H,27,29,31,32). The van der Waals surface area contributed by atoms with Crippen LogP contribution in [0, 0.1) is 0 Å². The molecule has 0 fully saturated rings. The summed E-state index contributed by atoms with van der Waals surface area (Å²) >= 11 is 0. The van der Waals surface area contributed by atoms with Crippen LogP contribution in [0.1, 0.15) is 40.0 Å². The average Bonchev–Trinajstić information content (AvgIpc) is 3.15. The van der Waals surface area contributed by atoms with Gasteiger partial charge in [0, 0.05) is 36.0 Å². The predicted octanol–water partition coefficient (Wildman–Crippen LogP) is 4.03. The number of halogens is 2. The minimum Gasteiger partial charge on any atom is -0.346 e. The summed E-state index contributed by atoms with van der Waals surface area (Å²) in [6.45, 7) is -0.707. The zero-order chi connectivity index (χ0) is 23.5. The van der Waals surface area contributed by atoms with Crippen LogP contribution in [-0.4, -0.2) is 43.4 Å². The van der Waals surface area contributed by atoms with Crippen molar-refractivity contribution in [2.45, 2.75) is 25.7 Å². The van der Waals surface area contributed by atoms with Gasteiger partial charge in [-0.05, 0) is 54.7 Å². The molecule has 0 aliphatic heterocycles. The van der Waals surface area contributed by atoms with Crippen LogP contribution in [0.4, 0.5) is 20.4 Å². The molecule has 0 bridgehead atoms. The SMILES string of the molecule is O=C(NCC(F)F)c1cnn2ccc(C3=CCCCc4nc(Nc5ccncc5)ncc43)cc12. The highest BCUT2D eigenvalue weighted by Crippen LogP contribution is 2.31. The number of aryl methyl sites for hydroxylation is 1. The zero-order valence-electron chi connectivity index (χ0n) is 18.1. The highest BCUT2D eigenvalue weighted by atomic mass is 19.3. The van der Waals surface area contributed by atoms with Crippen molar-refractivity contribution in [3.05, 3.63) is 83.7 Å². The van der Waals surface area contributed by atoms with E-state index in [0.717, 1.165) is 47.3 Å². The number of allylic oxidation sites excluding steroid dienone is 1. The molecule has 0 saturated carbocycles. The van der Waals surface area contributed by atoms with E-state index in [1.807, 2.05) is 24.3 Å². The van der Waals surface area contributed by atoms with Crippen LogP contribution in [0.2, 0.25) is 0 Å². The van der Waals surface area contributed by atoms with E-state index in [0.29, 0.717) is 11.5 Å². The molecule has 2 N–H and O–H groups in total. The first-order valence-corrected chi connectivity index (χ1v) is 10.9. The van der Waals surface area contributed by atoms with Gasteiger partial charge in [-0.3, -0.25) is 9.78 Å². The van der Waals surface area contributed by atoms with Crippen LogP contribution in [-0.2, 0) is 6.42 Å². The van der Waals surface area contributed by atoms with E-state index in [4.69, 9.17) is 4.98 Å². The van der Waals surface area contributed by atoms with Gasteiger partial charge in [-0.1, -0.05) is 6.08 Å². The number of hydrogen-bond donors (Lipinski definition) is 2. The first-order valence-electron chi connectivity index (χ1n) is 10.9. The molecule has 0 aromatic carbocycles. The summed E-state index contributed by atoms with van der Waals surface area (Å²) in [5, 5.41) is 9.62. The van der Waals surface area contributed by atoms with E-state index >= 15 is 0 Å². The Kier molecular flexibility index (Phi) is 5.94. The number of carbonyl (C=O) groups is 1. The molecule has 4 aromatic heterocycles. The number of anilines is 2. The lowest BCUT2D eigenvalue weighted by atomic mass is 9.98. The summed E-state index contributed by atoms with van der Waals surface area (Å²) in [7, 11) is 0. The fourth-order valence-electron chi connectivity index (χ4n) is 3.94. The van der Waals surface area contributed by atoms with Gasteiger partial charge < -0.3 is 10.6 Å². The van der Waals surface area contributed by atoms with Gasteiger partial charge in [0.1, 0.15) is 0 Å². The van der Waals surface area contributed by atoms with Gasteiger partial charge in [0.05, 0.1) is 29.5 Å². The summed E-state index contributed by atoms with van der Waals surface area (Å²) in [6, 6.07) is 7.44. The fourth-order valence-corrected chi connectivity index (χ4v) is 3.94. The minimum atomic E-state index is -2.62. The summed E-state index contributed by atoms with van der Waals surface area (Å²) in [4.78, 5) is 25.7. The molecule has 0 radical (unpaired) electrons. The van der Waals surface area contributed by atoms with Crippen molar-refractivity contribution in [3.8, 4) is 0 Å². The highest BCUT2D eigenvalue weighted by Gasteiger charge is 2.19. The smallest absolute Gasteiger partial charge is 0.255 e. The number of nitrogens with one attached hydrogen (secondary N) is 2. The third-order valence-corrected chi connectivity index (χ3v) is 5.55. The van der Waals surface area contributed by atoms with Gasteiger partial charge in [-0.2, -0.15) is 5.10 Å². The van der Waals surface area contributed by atoms with Crippen molar-refractivity contribution in [3.63, 3.8) is 0 Å². The molecule has 10 heteroatoms. The fraction of sp³-hybridized carbons (Fsp3) is 0.208. The van der Waals surface area contributed by atoms with Gasteiger partial charge in [-0.25, -0.2) is 23.3 Å². The lowest BCUT2D eigenvalue weighted by Gasteiger charge is -2.13. The second-order valence-corrected chi connectivity index (χ2v) is 7.83. The van der Waals surface area contributed by atoms with Crippen LogP contribution >= 0.6 is 0 Å². The van der Waals surface area contributed by atoms with Crippen LogP contribution in [0.25, 0.3) is 11.1 Å². The van der Waals surface area contributed by atoms with E-state index in [1.54, 1.807) is 29.3 Å². The lowest BCUT2D eigenvalue weighted by molar-refractivity contribution is 0.0893. The first kappa shape index (κ1) is 21.6. The summed E-state index contributed by atoms with van der Waals surface area (Å²) < 4.78 is 26.6. The quantitative estimate of drug-likeness (QED) is 0.450. The van der Waals surface area contributed by atoms with Crippen LogP contribution in [0.5, 0.6) is 0 Å². The predicted molar refractivity (Wildman–Crippen MR) is 123 cm³/mol. The molecule has 4 aromatic rings. The van der Waals surface area contributed by atoms with E-state index in [1.165, 1.54) is 6.20 Å². The minimum absolute atomic E-state index is 0.241. The van der Waals surface area contributed by atoms with Gasteiger partial charge in [-0.15, -0.1) is 0 Å². The number of alkyl halides is 2. The van der Waals surface area contributed by atoms with Crippen LogP contribution in [0.15, 0.2) is 61.3 Å². The second kappa shape index (κ2) is 9.34. The number of fused-ring (bicyclic) bond motifs is 2. The van der Waals surface area contributed by atoms with Crippen LogP contribution in [0.3, 0.4) is 0 Å². The topological polar surface area (TPSA) is 97.1 Å². The van der Waals surface area contributed by atoms with Crippen molar-refractivity contribution < 1.29 is 13.6 Å². The van der Waals surface area contributed by atoms with Gasteiger partial charge in [0.2, 0.25) is 5.95 Å². The third-order valence-electron chi connectivity index (χ3n) is 5.55. The molecule has 0 unspecified atom stereocenters. The van der Waals surface area contributed by atoms with Gasteiger partial charge >= 0.3 is 0 Å². The molecule has 1 amide bonds. The Morgan fingerprint density at radius 3 is 2.85 bits per heavy atom. The molecular weight excluding hydrogens is 440 g/mol. The Bertz CT molecular complexity index is 1370. The second-order valence-electron chi connectivity index (χ2n) is 7.83. The number of aromatic nitrogens is 5. The number of pyridine rings is 2. The molecule has 5 rings (SSSR count). The number of amides is 1. The number of nitrogens with zero attached hydrogens (tertiary/aromatic N) is 5. The maximum atomic E-state index is 12.5. The third kappa shape index (κ3) is 4.47.